The number of ether oxygens (including phenoxy) is 1. The van der Waals surface area contributed by atoms with E-state index in [1.807, 2.05) is 18.4 Å². The van der Waals surface area contributed by atoms with Crippen LogP contribution in [0.3, 0.4) is 0 Å². The molecule has 0 radical (unpaired) electrons. The summed E-state index contributed by atoms with van der Waals surface area (Å²) >= 11 is 5.02. The monoisotopic (exact) mass is 259 g/mol. The molecular formula is C9H10BrNOS. The number of rotatable bonds is 3. The van der Waals surface area contributed by atoms with Crippen molar-refractivity contribution in [1.82, 2.24) is 4.98 Å². The third kappa shape index (κ3) is 2.38. The minimum absolute atomic E-state index is 0.429. The average molecular weight is 260 g/mol. The zero-order chi connectivity index (χ0) is 9.26. The van der Waals surface area contributed by atoms with E-state index < -0.39 is 0 Å². The van der Waals surface area contributed by atoms with Gasteiger partial charge in [0.15, 0.2) is 5.75 Å². The Balaban J connectivity index is 2.15. The van der Waals surface area contributed by atoms with Crippen LogP contribution in [0, 0.1) is 0 Å². The van der Waals surface area contributed by atoms with E-state index >= 15 is 0 Å². The normalized spacial score (nSPS) is 15.8. The molecule has 0 bridgehead atoms. The molecule has 1 aliphatic carbocycles. The fourth-order valence-corrected chi connectivity index (χ4v) is 1.89. The zero-order valence-electron chi connectivity index (χ0n) is 7.29. The molecular weight excluding hydrogens is 250 g/mol. The first-order valence-corrected chi connectivity index (χ1v) is 6.18. The highest BCUT2D eigenvalue weighted by atomic mass is 79.9. The van der Waals surface area contributed by atoms with Crippen LogP contribution in [-0.4, -0.2) is 17.3 Å². The third-order valence-corrected chi connectivity index (χ3v) is 3.03. The van der Waals surface area contributed by atoms with Gasteiger partial charge in [-0.25, -0.2) is 4.98 Å². The minimum atomic E-state index is 0.429. The second kappa shape index (κ2) is 3.88. The zero-order valence-corrected chi connectivity index (χ0v) is 9.69. The topological polar surface area (TPSA) is 22.1 Å². The van der Waals surface area contributed by atoms with Crippen molar-refractivity contribution in [3.63, 3.8) is 0 Å². The fraction of sp³-hybridized carbons (Fsp3) is 0.444. The molecule has 0 amide bonds. The quantitative estimate of drug-likeness (QED) is 0.615. The lowest BCUT2D eigenvalue weighted by Gasteiger charge is -2.06. The number of pyridine rings is 1. The molecule has 1 aromatic rings. The van der Waals surface area contributed by atoms with E-state index in [1.54, 1.807) is 11.8 Å². The third-order valence-electron chi connectivity index (χ3n) is 1.82. The Bertz CT molecular complexity index is 314. The molecule has 0 saturated heterocycles. The second-order valence-electron chi connectivity index (χ2n) is 2.96. The Labute approximate surface area is 90.2 Å². The van der Waals surface area contributed by atoms with E-state index in [1.165, 1.54) is 12.8 Å². The van der Waals surface area contributed by atoms with Gasteiger partial charge in [0.25, 0.3) is 0 Å². The van der Waals surface area contributed by atoms with E-state index in [0.29, 0.717) is 6.10 Å². The van der Waals surface area contributed by atoms with Gasteiger partial charge in [0.2, 0.25) is 0 Å². The van der Waals surface area contributed by atoms with Crippen molar-refractivity contribution < 1.29 is 4.74 Å². The Morgan fingerprint density at radius 1 is 1.54 bits per heavy atom. The molecule has 1 fully saturated rings. The first-order chi connectivity index (χ1) is 6.29. The molecule has 1 aliphatic rings. The van der Waals surface area contributed by atoms with Gasteiger partial charge in [-0.1, -0.05) is 0 Å². The largest absolute Gasteiger partial charge is 0.488 e. The van der Waals surface area contributed by atoms with Crippen LogP contribution in [0.4, 0.5) is 0 Å². The molecule has 1 saturated carbocycles. The Hall–Kier alpha value is -0.220. The van der Waals surface area contributed by atoms with Crippen LogP contribution in [-0.2, 0) is 0 Å². The van der Waals surface area contributed by atoms with Crippen molar-refractivity contribution in [3.05, 3.63) is 16.7 Å². The van der Waals surface area contributed by atoms with Crippen LogP contribution < -0.4 is 4.74 Å². The molecule has 1 heterocycles. The van der Waals surface area contributed by atoms with Crippen molar-refractivity contribution >= 4 is 27.7 Å². The average Bonchev–Trinajstić information content (AvgIpc) is 2.92. The minimum Gasteiger partial charge on any atom is -0.488 e. The molecule has 70 valence electrons. The van der Waals surface area contributed by atoms with Crippen LogP contribution in [0.5, 0.6) is 5.75 Å². The molecule has 2 nitrogen and oxygen atoms in total. The fourth-order valence-electron chi connectivity index (χ4n) is 0.972. The highest BCUT2D eigenvalue weighted by molar-refractivity contribution is 9.10. The van der Waals surface area contributed by atoms with E-state index in [9.17, 15) is 0 Å². The van der Waals surface area contributed by atoms with Crippen molar-refractivity contribution in [3.8, 4) is 5.75 Å². The van der Waals surface area contributed by atoms with Crippen LogP contribution in [0.15, 0.2) is 21.8 Å². The summed E-state index contributed by atoms with van der Waals surface area (Å²) < 4.78 is 6.45. The number of aromatic nitrogens is 1. The molecule has 1 aromatic heterocycles. The number of thioether (sulfide) groups is 1. The lowest BCUT2D eigenvalue weighted by Crippen LogP contribution is -1.97. The lowest BCUT2D eigenvalue weighted by atomic mass is 10.5. The van der Waals surface area contributed by atoms with E-state index in [4.69, 9.17) is 4.74 Å². The first-order valence-electron chi connectivity index (χ1n) is 4.17. The van der Waals surface area contributed by atoms with Gasteiger partial charge in [-0.3, -0.25) is 0 Å². The number of nitrogens with zero attached hydrogens (tertiary/aromatic N) is 1. The second-order valence-corrected chi connectivity index (χ2v) is 4.54. The van der Waals surface area contributed by atoms with E-state index in [0.717, 1.165) is 15.4 Å². The predicted octanol–water partition coefficient (Wildman–Crippen LogP) is 3.11. The van der Waals surface area contributed by atoms with Gasteiger partial charge in [-0.15, -0.1) is 11.8 Å². The standard InChI is InChI=1S/C9H10BrNOS/c1-13-8-5-4-7(9(10)11-8)12-6-2-3-6/h4-6H,2-3H2,1H3. The smallest absolute Gasteiger partial charge is 0.152 e. The summed E-state index contributed by atoms with van der Waals surface area (Å²) in [5.74, 6) is 0.861. The summed E-state index contributed by atoms with van der Waals surface area (Å²) in [6.45, 7) is 0. The first kappa shape index (κ1) is 9.34. The van der Waals surface area contributed by atoms with Crippen molar-refractivity contribution in [2.75, 3.05) is 6.26 Å². The highest BCUT2D eigenvalue weighted by Gasteiger charge is 2.24. The van der Waals surface area contributed by atoms with E-state index in [-0.39, 0.29) is 0 Å². The maximum Gasteiger partial charge on any atom is 0.152 e. The maximum atomic E-state index is 5.64. The van der Waals surface area contributed by atoms with Crippen LogP contribution in [0.1, 0.15) is 12.8 Å². The summed E-state index contributed by atoms with van der Waals surface area (Å²) in [6, 6.07) is 3.95. The SMILES string of the molecule is CSc1ccc(OC2CC2)c(Br)n1. The molecule has 4 heteroatoms. The summed E-state index contributed by atoms with van der Waals surface area (Å²) in [7, 11) is 0. The Morgan fingerprint density at radius 2 is 2.31 bits per heavy atom. The summed E-state index contributed by atoms with van der Waals surface area (Å²) in [5, 5.41) is 1.01. The molecule has 0 N–H and O–H groups in total. The van der Waals surface area contributed by atoms with Gasteiger partial charge < -0.3 is 4.74 Å². The molecule has 0 aliphatic heterocycles. The van der Waals surface area contributed by atoms with Crippen molar-refractivity contribution in [2.24, 2.45) is 0 Å². The maximum absolute atomic E-state index is 5.64. The van der Waals surface area contributed by atoms with E-state index in [2.05, 4.69) is 20.9 Å². The number of halogens is 1. The summed E-state index contributed by atoms with van der Waals surface area (Å²) in [6.07, 6.45) is 4.79. The van der Waals surface area contributed by atoms with Crippen molar-refractivity contribution in [1.29, 1.82) is 0 Å². The molecule has 0 unspecified atom stereocenters. The van der Waals surface area contributed by atoms with Crippen LogP contribution in [0.2, 0.25) is 0 Å². The van der Waals surface area contributed by atoms with Gasteiger partial charge in [0, 0.05) is 0 Å². The van der Waals surface area contributed by atoms with Gasteiger partial charge in [0.1, 0.15) is 4.60 Å². The van der Waals surface area contributed by atoms with Gasteiger partial charge in [0.05, 0.1) is 11.1 Å². The summed E-state index contributed by atoms with van der Waals surface area (Å²) in [4.78, 5) is 4.33. The molecule has 2 rings (SSSR count). The van der Waals surface area contributed by atoms with Crippen LogP contribution in [0.25, 0.3) is 0 Å². The number of hydrogen-bond acceptors (Lipinski definition) is 3. The molecule has 13 heavy (non-hydrogen) atoms. The lowest BCUT2D eigenvalue weighted by molar-refractivity contribution is 0.299. The van der Waals surface area contributed by atoms with Gasteiger partial charge >= 0.3 is 0 Å². The van der Waals surface area contributed by atoms with Crippen molar-refractivity contribution in [2.45, 2.75) is 24.0 Å². The van der Waals surface area contributed by atoms with Gasteiger partial charge in [-0.05, 0) is 47.2 Å². The highest BCUT2D eigenvalue weighted by Crippen LogP contribution is 2.32. The molecule has 0 spiro atoms. The Morgan fingerprint density at radius 3 is 2.85 bits per heavy atom. The Kier molecular flexibility index (Phi) is 2.79. The van der Waals surface area contributed by atoms with Gasteiger partial charge in [-0.2, -0.15) is 0 Å². The van der Waals surface area contributed by atoms with Crippen LogP contribution >= 0.6 is 27.7 Å². The molecule has 0 aromatic carbocycles. The number of hydrogen-bond donors (Lipinski definition) is 0. The predicted molar refractivity (Wildman–Crippen MR) is 57.4 cm³/mol. The molecule has 0 atom stereocenters. The summed E-state index contributed by atoms with van der Waals surface area (Å²) in [5.41, 5.74) is 0.